The van der Waals surface area contributed by atoms with Crippen molar-refractivity contribution < 1.29 is 22.3 Å². The molecule has 5 nitrogen and oxygen atoms in total. The van der Waals surface area contributed by atoms with E-state index < -0.39 is 7.31 Å². The zero-order valence-corrected chi connectivity index (χ0v) is 16.3. The molecule has 0 amide bonds. The fraction of sp³-hybridized carbons (Fsp3) is 0.0909. The molecule has 3 aliphatic heterocycles. The van der Waals surface area contributed by atoms with Crippen molar-refractivity contribution in [1.29, 1.82) is 0 Å². The molecule has 148 valence electrons. The Bertz CT molecular complexity index is 1180. The Kier molecular flexibility index (Phi) is 3.02. The van der Waals surface area contributed by atoms with Gasteiger partial charge in [-0.1, -0.05) is 0 Å². The number of hydrogen-bond donors (Lipinski definition) is 0. The number of nitrogens with zero attached hydrogens (tertiary/aromatic N) is 1. The number of halogens is 1. The van der Waals surface area contributed by atoms with Crippen molar-refractivity contribution in [3.05, 3.63) is 96.1 Å². The summed E-state index contributed by atoms with van der Waals surface area (Å²) in [5.74, 6) is 0.652. The summed E-state index contributed by atoms with van der Waals surface area (Å²) in [5, 5.41) is 0. The van der Waals surface area contributed by atoms with Gasteiger partial charge in [0.05, 0.1) is 0 Å². The van der Waals surface area contributed by atoms with Crippen molar-refractivity contribution >= 4 is 24.5 Å². The van der Waals surface area contributed by atoms with Gasteiger partial charge >= 0.3 is 166 Å². The Balaban J connectivity index is 1.72. The molecule has 0 radical (unpaired) electrons. The van der Waals surface area contributed by atoms with E-state index in [1.807, 2.05) is 66.7 Å². The summed E-state index contributed by atoms with van der Waals surface area (Å²) >= 11 is 0. The number of rotatable bonds is 2. The molecular weight excluding hydrogens is 392 g/mol. The molecule has 0 saturated carbocycles. The summed E-state index contributed by atoms with van der Waals surface area (Å²) in [7, 11) is -6.27. The predicted molar refractivity (Wildman–Crippen MR) is 110 cm³/mol. The summed E-state index contributed by atoms with van der Waals surface area (Å²) in [5.41, 5.74) is 2.50. The third-order valence-electron chi connectivity index (χ3n) is 5.36. The molecule has 0 bridgehead atoms. The van der Waals surface area contributed by atoms with Crippen LogP contribution in [0.15, 0.2) is 84.9 Å². The second-order valence-electron chi connectivity index (χ2n) is 7.16. The molecule has 3 heterocycles. The van der Waals surface area contributed by atoms with Crippen LogP contribution in [0, 0.1) is 0 Å². The van der Waals surface area contributed by atoms with Crippen LogP contribution in [-0.2, 0) is 13.6 Å². The van der Waals surface area contributed by atoms with E-state index in [1.165, 1.54) is 4.67 Å². The van der Waals surface area contributed by atoms with Crippen LogP contribution in [-0.4, -0.2) is 13.2 Å². The van der Waals surface area contributed by atoms with E-state index in [4.69, 9.17) is 18.1 Å². The van der Waals surface area contributed by atoms with Crippen molar-refractivity contribution in [3.63, 3.8) is 0 Å². The van der Waals surface area contributed by atoms with Gasteiger partial charge in [0.15, 0.2) is 0 Å². The van der Waals surface area contributed by atoms with Gasteiger partial charge in [-0.3, -0.25) is 0 Å². The van der Waals surface area contributed by atoms with Crippen LogP contribution in [0.5, 0.6) is 5.75 Å². The number of anilines is 1. The van der Waals surface area contributed by atoms with Crippen molar-refractivity contribution in [1.82, 2.24) is 0 Å². The zero-order valence-electron chi connectivity index (χ0n) is 15.4. The SMILES string of the molecule is F[P-]123(OCCO1)OC(c1ccccc1)=C(c1ccccc1)N2c1ccccc1O3. The van der Waals surface area contributed by atoms with Gasteiger partial charge in [0.25, 0.3) is 0 Å². The number of hydrogen-bond acceptors (Lipinski definition) is 5. The topological polar surface area (TPSA) is 40.2 Å². The Labute approximate surface area is 166 Å². The van der Waals surface area contributed by atoms with Gasteiger partial charge in [0.1, 0.15) is 0 Å². The molecule has 0 N–H and O–H groups in total. The molecule has 0 unspecified atom stereocenters. The van der Waals surface area contributed by atoms with Crippen LogP contribution in [0.1, 0.15) is 11.1 Å². The summed E-state index contributed by atoms with van der Waals surface area (Å²) in [6.07, 6.45) is 0. The van der Waals surface area contributed by atoms with Gasteiger partial charge in [-0.2, -0.15) is 0 Å². The monoisotopic (exact) mass is 410 g/mol. The molecule has 3 aromatic rings. The zero-order chi connectivity index (χ0) is 19.6. The normalized spacial score (nSPS) is 24.5. The second-order valence-corrected chi connectivity index (χ2v) is 10.7. The molecule has 3 aliphatic rings. The van der Waals surface area contributed by atoms with E-state index in [0.717, 1.165) is 5.56 Å². The third kappa shape index (κ3) is 2.03. The molecule has 0 aliphatic carbocycles. The predicted octanol–water partition coefficient (Wildman–Crippen LogP) is 6.04. The average Bonchev–Trinajstić information content (AvgIpc) is 3.33. The molecule has 29 heavy (non-hydrogen) atoms. The van der Waals surface area contributed by atoms with Crippen LogP contribution in [0.2, 0.25) is 0 Å². The first-order valence-electron chi connectivity index (χ1n) is 9.43. The minimum atomic E-state index is -6.27. The first kappa shape index (κ1) is 17.0. The van der Waals surface area contributed by atoms with E-state index in [1.54, 1.807) is 18.2 Å². The Morgan fingerprint density at radius 2 is 1.28 bits per heavy atom. The van der Waals surface area contributed by atoms with Crippen molar-refractivity contribution in [3.8, 4) is 5.75 Å². The summed E-state index contributed by atoms with van der Waals surface area (Å²) in [4.78, 5) is 0. The molecule has 0 aromatic heterocycles. The fourth-order valence-corrected chi connectivity index (χ4v) is 8.16. The first-order chi connectivity index (χ1) is 14.1. The molecule has 1 fully saturated rings. The van der Waals surface area contributed by atoms with E-state index in [2.05, 4.69) is 0 Å². The Morgan fingerprint density at radius 1 is 0.690 bits per heavy atom. The van der Waals surface area contributed by atoms with Crippen LogP contribution in [0.4, 0.5) is 9.88 Å². The van der Waals surface area contributed by atoms with Crippen LogP contribution in [0.3, 0.4) is 0 Å². The summed E-state index contributed by atoms with van der Waals surface area (Å²) in [6.45, 7) is 0.0575. The number of fused-ring (bicyclic) bond motifs is 2. The second kappa shape index (κ2) is 5.16. The van der Waals surface area contributed by atoms with Gasteiger partial charge in [0, 0.05) is 0 Å². The van der Waals surface area contributed by atoms with E-state index in [-0.39, 0.29) is 13.2 Å². The molecule has 1 spiro atoms. The fourth-order valence-electron chi connectivity index (χ4n) is 4.21. The average molecular weight is 410 g/mol. The van der Waals surface area contributed by atoms with Crippen LogP contribution < -0.4 is 9.19 Å². The maximum absolute atomic E-state index is 17.6. The van der Waals surface area contributed by atoms with Crippen molar-refractivity contribution in [2.24, 2.45) is 0 Å². The third-order valence-corrected chi connectivity index (χ3v) is 9.14. The molecule has 0 atom stereocenters. The Morgan fingerprint density at radius 3 is 1.97 bits per heavy atom. The summed E-state index contributed by atoms with van der Waals surface area (Å²) in [6, 6.07) is 26.0. The van der Waals surface area contributed by atoms with E-state index in [0.29, 0.717) is 28.5 Å². The number of benzene rings is 3. The molecule has 1 saturated heterocycles. The van der Waals surface area contributed by atoms with Crippen LogP contribution >= 0.6 is 7.31 Å². The Hall–Kier alpha value is -2.92. The van der Waals surface area contributed by atoms with Crippen molar-refractivity contribution in [2.75, 3.05) is 17.9 Å². The van der Waals surface area contributed by atoms with Gasteiger partial charge in [-0.15, -0.1) is 0 Å². The first-order valence-corrected chi connectivity index (χ1v) is 11.6. The number of para-hydroxylation sites is 2. The van der Waals surface area contributed by atoms with Gasteiger partial charge in [-0.25, -0.2) is 0 Å². The molecule has 3 aromatic carbocycles. The van der Waals surface area contributed by atoms with Gasteiger partial charge < -0.3 is 0 Å². The van der Waals surface area contributed by atoms with Crippen LogP contribution in [0.25, 0.3) is 11.5 Å². The minimum absolute atomic E-state index is 0.0287. The van der Waals surface area contributed by atoms with Gasteiger partial charge in [0.2, 0.25) is 0 Å². The van der Waals surface area contributed by atoms with E-state index in [9.17, 15) is 0 Å². The van der Waals surface area contributed by atoms with E-state index >= 15 is 4.20 Å². The van der Waals surface area contributed by atoms with Gasteiger partial charge in [-0.05, 0) is 0 Å². The molecular formula is C22H18FNO4P-. The quantitative estimate of drug-likeness (QED) is 0.482. The maximum atomic E-state index is 17.6. The summed E-state index contributed by atoms with van der Waals surface area (Å²) < 4.78 is 42.6. The van der Waals surface area contributed by atoms with Crippen molar-refractivity contribution in [2.45, 2.75) is 0 Å². The molecule has 7 heteroatoms. The standard InChI is InChI=1S/C22H18FNO4P/c23-29(25-15-16-26-29)24(19-13-7-8-14-20(19)27-29)21(17-9-3-1-4-10-17)22(28-29)18-11-5-2-6-12-18/h1-14H,15-16H2/q-1. The molecule has 6 rings (SSSR count).